The molecule has 3 aromatic carbocycles. The van der Waals surface area contributed by atoms with Crippen LogP contribution in [0.1, 0.15) is 46.7 Å². The van der Waals surface area contributed by atoms with Gasteiger partial charge in [-0.1, -0.05) is 71.4 Å². The first-order chi connectivity index (χ1) is 17.9. The van der Waals surface area contributed by atoms with E-state index in [1.54, 1.807) is 12.0 Å². The molecule has 0 spiro atoms. The van der Waals surface area contributed by atoms with Crippen molar-refractivity contribution >= 4 is 11.6 Å². The van der Waals surface area contributed by atoms with Gasteiger partial charge >= 0.3 is 6.03 Å². The Balaban J connectivity index is 1.61. The second-order valence-corrected chi connectivity index (χ2v) is 9.41. The van der Waals surface area contributed by atoms with Crippen LogP contribution in [0.5, 0.6) is 5.75 Å². The molecule has 1 atom stereocenters. The maximum Gasteiger partial charge on any atom is 0.322 e. The van der Waals surface area contributed by atoms with Crippen molar-refractivity contribution in [2.75, 3.05) is 7.11 Å². The van der Waals surface area contributed by atoms with Gasteiger partial charge in [0.2, 0.25) is 5.82 Å². The lowest BCUT2D eigenvalue weighted by molar-refractivity contribution is 0.202. The number of ether oxygens (including phenoxy) is 1. The summed E-state index contributed by atoms with van der Waals surface area (Å²) in [4.78, 5) is 19.9. The molecule has 4 aromatic rings. The van der Waals surface area contributed by atoms with E-state index in [0.717, 1.165) is 44.8 Å². The summed E-state index contributed by atoms with van der Waals surface area (Å²) in [6.45, 7) is 8.43. The summed E-state index contributed by atoms with van der Waals surface area (Å²) in [6.07, 6.45) is 0. The molecular formula is C30H30N4O3. The number of rotatable bonds is 6. The van der Waals surface area contributed by atoms with Crippen LogP contribution in [0.3, 0.4) is 0 Å². The number of aryl methyl sites for hydroxylation is 3. The zero-order chi connectivity index (χ0) is 26.1. The average Bonchev–Trinajstić information content (AvgIpc) is 3.38. The van der Waals surface area contributed by atoms with E-state index >= 15 is 0 Å². The lowest BCUT2D eigenvalue weighted by Crippen LogP contribution is -2.45. The Morgan fingerprint density at radius 1 is 0.973 bits per heavy atom. The third-order valence-electron chi connectivity index (χ3n) is 6.95. The monoisotopic (exact) mass is 494 g/mol. The number of allylic oxidation sites excluding steroid dienone is 1. The number of carbonyl (C=O) groups excluding carboxylic acids is 1. The molecule has 1 aromatic heterocycles. The predicted molar refractivity (Wildman–Crippen MR) is 143 cm³/mol. The smallest absolute Gasteiger partial charge is 0.322 e. The molecule has 1 aliphatic heterocycles. The van der Waals surface area contributed by atoms with Gasteiger partial charge in [0.15, 0.2) is 0 Å². The van der Waals surface area contributed by atoms with Crippen LogP contribution in [-0.2, 0) is 6.54 Å². The Morgan fingerprint density at radius 3 is 2.46 bits per heavy atom. The highest BCUT2D eigenvalue weighted by molar-refractivity contribution is 5.87. The molecule has 1 N–H and O–H groups in total. The van der Waals surface area contributed by atoms with Gasteiger partial charge in [0.1, 0.15) is 5.75 Å². The number of carbonyl (C=O) groups is 1. The molecule has 5 rings (SSSR count). The summed E-state index contributed by atoms with van der Waals surface area (Å²) in [7, 11) is 1.63. The van der Waals surface area contributed by atoms with E-state index in [0.29, 0.717) is 18.3 Å². The molecule has 0 fully saturated rings. The van der Waals surface area contributed by atoms with Crippen molar-refractivity contribution in [3.8, 4) is 17.1 Å². The van der Waals surface area contributed by atoms with Gasteiger partial charge in [0.05, 0.1) is 25.3 Å². The Morgan fingerprint density at radius 2 is 1.73 bits per heavy atom. The molecular weight excluding hydrogens is 464 g/mol. The Labute approximate surface area is 216 Å². The van der Waals surface area contributed by atoms with Gasteiger partial charge in [-0.2, -0.15) is 4.98 Å². The van der Waals surface area contributed by atoms with Crippen molar-refractivity contribution < 1.29 is 14.1 Å². The van der Waals surface area contributed by atoms with Crippen molar-refractivity contribution in [2.24, 2.45) is 0 Å². The Kier molecular flexibility index (Phi) is 6.53. The average molecular weight is 495 g/mol. The molecule has 0 bridgehead atoms. The largest absolute Gasteiger partial charge is 0.496 e. The van der Waals surface area contributed by atoms with E-state index in [2.05, 4.69) is 36.5 Å². The number of hydrogen-bond acceptors (Lipinski definition) is 5. The molecule has 2 heterocycles. The molecule has 37 heavy (non-hydrogen) atoms. The first-order valence-corrected chi connectivity index (χ1v) is 12.2. The summed E-state index contributed by atoms with van der Waals surface area (Å²) < 4.78 is 11.4. The number of nitrogens with one attached hydrogen (secondary N) is 1. The van der Waals surface area contributed by atoms with Gasteiger partial charge in [0.25, 0.3) is 5.89 Å². The predicted octanol–water partition coefficient (Wildman–Crippen LogP) is 6.37. The van der Waals surface area contributed by atoms with E-state index in [1.165, 1.54) is 5.56 Å². The fourth-order valence-electron chi connectivity index (χ4n) is 4.60. The van der Waals surface area contributed by atoms with E-state index in [9.17, 15) is 4.79 Å². The maximum absolute atomic E-state index is 13.5. The lowest BCUT2D eigenvalue weighted by atomic mass is 9.92. The molecule has 0 saturated carbocycles. The van der Waals surface area contributed by atoms with Gasteiger partial charge in [0, 0.05) is 16.8 Å². The molecule has 7 heteroatoms. The second-order valence-electron chi connectivity index (χ2n) is 9.41. The van der Waals surface area contributed by atoms with E-state index in [-0.39, 0.29) is 6.03 Å². The summed E-state index contributed by atoms with van der Waals surface area (Å²) in [5, 5.41) is 7.45. The fraction of sp³-hybridized carbons (Fsp3) is 0.233. The topological polar surface area (TPSA) is 80.5 Å². The van der Waals surface area contributed by atoms with Crippen molar-refractivity contribution in [3.63, 3.8) is 0 Å². The van der Waals surface area contributed by atoms with Crippen LogP contribution in [0.25, 0.3) is 17.0 Å². The van der Waals surface area contributed by atoms with Crippen molar-refractivity contribution in [1.82, 2.24) is 20.4 Å². The summed E-state index contributed by atoms with van der Waals surface area (Å²) in [6, 6.07) is 21.2. The van der Waals surface area contributed by atoms with Crippen molar-refractivity contribution in [2.45, 2.75) is 40.3 Å². The first kappa shape index (κ1) is 24.3. The van der Waals surface area contributed by atoms with Crippen LogP contribution in [-0.4, -0.2) is 28.2 Å². The molecule has 7 nitrogen and oxygen atoms in total. The highest BCUT2D eigenvalue weighted by Crippen LogP contribution is 2.38. The lowest BCUT2D eigenvalue weighted by Gasteiger charge is -2.35. The Hall–Kier alpha value is -4.39. The van der Waals surface area contributed by atoms with Crippen LogP contribution in [0.4, 0.5) is 4.79 Å². The number of urea groups is 1. The molecule has 1 aliphatic rings. The molecule has 2 amide bonds. The van der Waals surface area contributed by atoms with Gasteiger partial charge in [-0.15, -0.1) is 0 Å². The normalized spacial score (nSPS) is 15.6. The maximum atomic E-state index is 13.5. The van der Waals surface area contributed by atoms with E-state index in [1.807, 2.05) is 68.4 Å². The molecule has 188 valence electrons. The van der Waals surface area contributed by atoms with E-state index < -0.39 is 6.04 Å². The molecule has 0 saturated heterocycles. The summed E-state index contributed by atoms with van der Waals surface area (Å²) in [5.74, 6) is 1.60. The Bertz CT molecular complexity index is 1490. The zero-order valence-corrected chi connectivity index (χ0v) is 21.7. The van der Waals surface area contributed by atoms with Crippen LogP contribution >= 0.6 is 0 Å². The fourth-order valence-corrected chi connectivity index (χ4v) is 4.60. The SMILES string of the molecule is COc1ccccc1CN1C(=O)NC(c2ccc(C)c(C)c2)C(c2nc(-c3ccc(C)cc3)no2)=C1C. The second kappa shape index (κ2) is 9.93. The number of methoxy groups -OCH3 is 1. The van der Waals surface area contributed by atoms with Crippen LogP contribution in [0.15, 0.2) is 77.0 Å². The van der Waals surface area contributed by atoms with Crippen LogP contribution in [0, 0.1) is 20.8 Å². The molecule has 1 unspecified atom stereocenters. The zero-order valence-electron chi connectivity index (χ0n) is 21.7. The van der Waals surface area contributed by atoms with Crippen LogP contribution < -0.4 is 10.1 Å². The highest BCUT2D eigenvalue weighted by Gasteiger charge is 2.36. The van der Waals surface area contributed by atoms with Crippen LogP contribution in [0.2, 0.25) is 0 Å². The van der Waals surface area contributed by atoms with Gasteiger partial charge in [-0.05, 0) is 50.5 Å². The molecule has 0 aliphatic carbocycles. The number of nitrogens with zero attached hydrogens (tertiary/aromatic N) is 3. The third-order valence-corrected chi connectivity index (χ3v) is 6.95. The number of hydrogen-bond donors (Lipinski definition) is 1. The van der Waals surface area contributed by atoms with Gasteiger partial charge in [-0.25, -0.2) is 4.79 Å². The summed E-state index contributed by atoms with van der Waals surface area (Å²) >= 11 is 0. The number of aromatic nitrogens is 2. The molecule has 0 radical (unpaired) electrons. The quantitative estimate of drug-likeness (QED) is 0.337. The highest BCUT2D eigenvalue weighted by atomic mass is 16.5. The first-order valence-electron chi connectivity index (χ1n) is 12.2. The summed E-state index contributed by atoms with van der Waals surface area (Å²) in [5.41, 5.74) is 7.72. The van der Waals surface area contributed by atoms with Gasteiger partial charge < -0.3 is 14.6 Å². The van der Waals surface area contributed by atoms with Crippen molar-refractivity contribution in [3.05, 3.63) is 106 Å². The third kappa shape index (κ3) is 4.72. The number of para-hydroxylation sites is 1. The minimum Gasteiger partial charge on any atom is -0.496 e. The minimum atomic E-state index is -0.438. The number of amides is 2. The van der Waals surface area contributed by atoms with Gasteiger partial charge in [-0.3, -0.25) is 4.90 Å². The minimum absolute atomic E-state index is 0.200. The van der Waals surface area contributed by atoms with Crippen molar-refractivity contribution in [1.29, 1.82) is 0 Å². The van der Waals surface area contributed by atoms with E-state index in [4.69, 9.17) is 14.2 Å². The standard InChI is InChI=1S/C30H30N4O3/c1-18-10-13-22(14-11-18)28-32-29(37-33-28)26-21(4)34(17-24-8-6-7-9-25(24)36-5)30(35)31-27(26)23-15-12-19(2)20(3)16-23/h6-16,27H,17H2,1-5H3,(H,31,35). The number of benzene rings is 3.